The largest absolute Gasteiger partial charge is 0.383 e. The van der Waals surface area contributed by atoms with Crippen LogP contribution in [0.5, 0.6) is 0 Å². The van der Waals surface area contributed by atoms with Crippen molar-refractivity contribution in [2.45, 2.75) is 38.5 Å². The first-order chi connectivity index (χ1) is 12.8. The SMILES string of the molecule is NC(=Nc1cccc(-c2cnc(CC3CCCCC3)[nH]2)c1)c1cccs1. The van der Waals surface area contributed by atoms with Gasteiger partial charge in [-0.05, 0) is 29.5 Å². The van der Waals surface area contributed by atoms with Gasteiger partial charge in [0.15, 0.2) is 0 Å². The third kappa shape index (κ3) is 4.05. The summed E-state index contributed by atoms with van der Waals surface area (Å²) in [5.74, 6) is 2.43. The fraction of sp³-hybridized carbons (Fsp3) is 0.333. The number of amidine groups is 1. The molecule has 4 rings (SSSR count). The van der Waals surface area contributed by atoms with E-state index in [1.54, 1.807) is 11.3 Å². The van der Waals surface area contributed by atoms with Gasteiger partial charge in [0.25, 0.3) is 0 Å². The second-order valence-electron chi connectivity index (χ2n) is 6.98. The number of H-pyrrole nitrogens is 1. The molecule has 0 aliphatic heterocycles. The van der Waals surface area contributed by atoms with Crippen LogP contribution in [-0.4, -0.2) is 15.8 Å². The zero-order valence-electron chi connectivity index (χ0n) is 14.8. The van der Waals surface area contributed by atoms with Crippen LogP contribution in [0.4, 0.5) is 5.69 Å². The summed E-state index contributed by atoms with van der Waals surface area (Å²) in [6.45, 7) is 0. The first kappa shape index (κ1) is 17.0. The van der Waals surface area contributed by atoms with Crippen molar-refractivity contribution in [3.05, 3.63) is 58.7 Å². The van der Waals surface area contributed by atoms with Crippen molar-refractivity contribution in [1.29, 1.82) is 0 Å². The van der Waals surface area contributed by atoms with Gasteiger partial charge in [-0.15, -0.1) is 11.3 Å². The molecule has 0 spiro atoms. The topological polar surface area (TPSA) is 67.1 Å². The molecule has 134 valence electrons. The molecule has 0 atom stereocenters. The van der Waals surface area contributed by atoms with Gasteiger partial charge in [0.05, 0.1) is 22.5 Å². The normalized spacial score (nSPS) is 16.1. The molecule has 3 aromatic rings. The van der Waals surface area contributed by atoms with Crippen molar-refractivity contribution in [3.8, 4) is 11.3 Å². The van der Waals surface area contributed by atoms with Crippen LogP contribution < -0.4 is 5.73 Å². The zero-order valence-corrected chi connectivity index (χ0v) is 15.6. The molecule has 26 heavy (non-hydrogen) atoms. The van der Waals surface area contributed by atoms with Gasteiger partial charge in [-0.25, -0.2) is 9.98 Å². The Morgan fingerprint density at radius 2 is 2.08 bits per heavy atom. The first-order valence-corrected chi connectivity index (χ1v) is 10.2. The van der Waals surface area contributed by atoms with Crippen LogP contribution in [0, 0.1) is 5.92 Å². The van der Waals surface area contributed by atoms with Crippen LogP contribution in [0.3, 0.4) is 0 Å². The Morgan fingerprint density at radius 3 is 2.88 bits per heavy atom. The fourth-order valence-electron chi connectivity index (χ4n) is 3.64. The van der Waals surface area contributed by atoms with Crippen LogP contribution in [0.15, 0.2) is 53.0 Å². The van der Waals surface area contributed by atoms with E-state index in [9.17, 15) is 0 Å². The highest BCUT2D eigenvalue weighted by Gasteiger charge is 2.15. The lowest BCUT2D eigenvalue weighted by molar-refractivity contribution is 0.352. The van der Waals surface area contributed by atoms with E-state index in [2.05, 4.69) is 27.1 Å². The third-order valence-corrected chi connectivity index (χ3v) is 5.91. The molecule has 0 amide bonds. The summed E-state index contributed by atoms with van der Waals surface area (Å²) in [5.41, 5.74) is 9.10. The molecule has 1 fully saturated rings. The van der Waals surface area contributed by atoms with Crippen molar-refractivity contribution >= 4 is 22.9 Å². The third-order valence-electron chi connectivity index (χ3n) is 5.02. The van der Waals surface area contributed by atoms with Gasteiger partial charge < -0.3 is 10.7 Å². The number of thiophene rings is 1. The number of benzene rings is 1. The Bertz CT molecular complexity index is 873. The number of aromatic amines is 1. The Morgan fingerprint density at radius 1 is 1.19 bits per heavy atom. The molecule has 5 heteroatoms. The summed E-state index contributed by atoms with van der Waals surface area (Å²) >= 11 is 1.60. The maximum atomic E-state index is 6.11. The van der Waals surface area contributed by atoms with Gasteiger partial charge in [0.2, 0.25) is 0 Å². The second kappa shape index (κ2) is 7.87. The fourth-order valence-corrected chi connectivity index (χ4v) is 4.27. The number of hydrogen-bond donors (Lipinski definition) is 2. The van der Waals surface area contributed by atoms with Crippen molar-refractivity contribution in [3.63, 3.8) is 0 Å². The van der Waals surface area contributed by atoms with Gasteiger partial charge in [0.1, 0.15) is 11.7 Å². The number of nitrogens with two attached hydrogens (primary N) is 1. The van der Waals surface area contributed by atoms with Crippen molar-refractivity contribution in [1.82, 2.24) is 9.97 Å². The molecule has 1 aliphatic rings. The zero-order chi connectivity index (χ0) is 17.8. The van der Waals surface area contributed by atoms with E-state index >= 15 is 0 Å². The smallest absolute Gasteiger partial charge is 0.141 e. The van der Waals surface area contributed by atoms with Crippen molar-refractivity contribution < 1.29 is 0 Å². The summed E-state index contributed by atoms with van der Waals surface area (Å²) in [4.78, 5) is 13.7. The second-order valence-corrected chi connectivity index (χ2v) is 7.92. The van der Waals surface area contributed by atoms with Crippen LogP contribution in [0.1, 0.15) is 42.8 Å². The van der Waals surface area contributed by atoms with Crippen LogP contribution in [0.25, 0.3) is 11.3 Å². The summed E-state index contributed by atoms with van der Waals surface area (Å²) in [6.07, 6.45) is 9.78. The van der Waals surface area contributed by atoms with Gasteiger partial charge in [-0.3, -0.25) is 0 Å². The van der Waals surface area contributed by atoms with Gasteiger partial charge in [-0.2, -0.15) is 0 Å². The van der Waals surface area contributed by atoms with E-state index in [-0.39, 0.29) is 0 Å². The molecular weight excluding hydrogens is 340 g/mol. The lowest BCUT2D eigenvalue weighted by Gasteiger charge is -2.20. The number of nitrogens with zero attached hydrogens (tertiary/aromatic N) is 2. The predicted molar refractivity (Wildman–Crippen MR) is 109 cm³/mol. The summed E-state index contributed by atoms with van der Waals surface area (Å²) in [6, 6.07) is 12.1. The average Bonchev–Trinajstić information content (AvgIpc) is 3.35. The highest BCUT2D eigenvalue weighted by atomic mass is 32.1. The molecule has 1 aliphatic carbocycles. The molecular formula is C21H24N4S. The van der Waals surface area contributed by atoms with Gasteiger partial charge in [0, 0.05) is 12.0 Å². The summed E-state index contributed by atoms with van der Waals surface area (Å²) in [7, 11) is 0. The van der Waals surface area contributed by atoms with E-state index in [0.29, 0.717) is 5.84 Å². The van der Waals surface area contributed by atoms with Gasteiger partial charge >= 0.3 is 0 Å². The molecule has 0 unspecified atom stereocenters. The van der Waals surface area contributed by atoms with E-state index < -0.39 is 0 Å². The van der Waals surface area contributed by atoms with Crippen LogP contribution in [0.2, 0.25) is 0 Å². The van der Waals surface area contributed by atoms with E-state index in [1.807, 2.05) is 35.8 Å². The quantitative estimate of drug-likeness (QED) is 0.476. The average molecular weight is 365 g/mol. The molecule has 1 saturated carbocycles. The molecule has 2 heterocycles. The maximum Gasteiger partial charge on any atom is 0.141 e. The lowest BCUT2D eigenvalue weighted by Crippen LogP contribution is -2.10. The highest BCUT2D eigenvalue weighted by Crippen LogP contribution is 2.28. The molecule has 0 radical (unpaired) electrons. The summed E-state index contributed by atoms with van der Waals surface area (Å²) < 4.78 is 0. The molecule has 0 bridgehead atoms. The molecule has 0 saturated heterocycles. The Hall–Kier alpha value is -2.40. The summed E-state index contributed by atoms with van der Waals surface area (Å²) in [5, 5.41) is 2.01. The minimum atomic E-state index is 0.555. The minimum Gasteiger partial charge on any atom is -0.383 e. The van der Waals surface area contributed by atoms with E-state index in [0.717, 1.165) is 40.0 Å². The number of aromatic nitrogens is 2. The minimum absolute atomic E-state index is 0.555. The van der Waals surface area contributed by atoms with E-state index in [4.69, 9.17) is 5.73 Å². The lowest BCUT2D eigenvalue weighted by atomic mass is 9.87. The standard InChI is InChI=1S/C21H24N4S/c22-21(19-10-5-11-26-19)24-17-9-4-8-16(13-17)18-14-23-20(25-18)12-15-6-2-1-3-7-15/h4-5,8-11,13-15H,1-3,6-7,12H2,(H2,22,24)(H,23,25). The number of imidazole rings is 1. The number of rotatable bonds is 5. The maximum absolute atomic E-state index is 6.11. The molecule has 2 aromatic heterocycles. The van der Waals surface area contributed by atoms with Crippen molar-refractivity contribution in [2.75, 3.05) is 0 Å². The number of hydrogen-bond acceptors (Lipinski definition) is 3. The Kier molecular flexibility index (Phi) is 5.16. The Balaban J connectivity index is 1.50. The van der Waals surface area contributed by atoms with Crippen molar-refractivity contribution in [2.24, 2.45) is 16.6 Å². The first-order valence-electron chi connectivity index (χ1n) is 9.30. The van der Waals surface area contributed by atoms with Gasteiger partial charge in [-0.1, -0.05) is 50.3 Å². The monoisotopic (exact) mass is 364 g/mol. The molecule has 1 aromatic carbocycles. The van der Waals surface area contributed by atoms with Crippen LogP contribution >= 0.6 is 11.3 Å². The molecule has 3 N–H and O–H groups in total. The van der Waals surface area contributed by atoms with Crippen LogP contribution in [-0.2, 0) is 6.42 Å². The molecule has 4 nitrogen and oxygen atoms in total. The highest BCUT2D eigenvalue weighted by molar-refractivity contribution is 7.12. The Labute approximate surface area is 158 Å². The number of aliphatic imine (C=N–C) groups is 1. The number of nitrogens with one attached hydrogen (secondary N) is 1. The van der Waals surface area contributed by atoms with E-state index in [1.165, 1.54) is 32.1 Å². The predicted octanol–water partition coefficient (Wildman–Crippen LogP) is 5.30.